The van der Waals surface area contributed by atoms with Gasteiger partial charge in [-0.2, -0.15) is 0 Å². The number of nitrogens with two attached hydrogens (primary N) is 1. The fraction of sp³-hybridized carbons (Fsp3) is 0.333. The Balaban J connectivity index is 2.51. The summed E-state index contributed by atoms with van der Waals surface area (Å²) in [7, 11) is 0. The van der Waals surface area contributed by atoms with Crippen LogP contribution in [0.1, 0.15) is 17.9 Å². The van der Waals surface area contributed by atoms with Crippen LogP contribution in [-0.2, 0) is 0 Å². The molecule has 0 aromatic heterocycles. The fourth-order valence-electron chi connectivity index (χ4n) is 1.58. The smallest absolute Gasteiger partial charge is 0.276 e. The maximum atomic E-state index is 12.9. The molecule has 2 atom stereocenters. The minimum atomic E-state index is -1.21. The lowest BCUT2D eigenvalue weighted by molar-refractivity contribution is -0.385. The molecule has 1 fully saturated rings. The number of halogens is 2. The predicted octanol–water partition coefficient (Wildman–Crippen LogP) is 1.69. The molecule has 6 heteroatoms. The first-order valence-corrected chi connectivity index (χ1v) is 4.39. The van der Waals surface area contributed by atoms with E-state index >= 15 is 0 Å². The Labute approximate surface area is 83.8 Å². The minimum absolute atomic E-state index is 0.186. The standard InChI is InChI=1S/C9H8F2N2O2/c10-6-1-5(4-2-8(4)12)9(13(14)15)3-7(6)11/h1,3-4,8H,2,12H2. The zero-order valence-corrected chi connectivity index (χ0v) is 7.61. The van der Waals surface area contributed by atoms with Gasteiger partial charge in [-0.25, -0.2) is 8.78 Å². The van der Waals surface area contributed by atoms with E-state index in [1.165, 1.54) is 0 Å². The second-order valence-corrected chi connectivity index (χ2v) is 3.59. The molecule has 1 aliphatic rings. The topological polar surface area (TPSA) is 69.2 Å². The SMILES string of the molecule is NC1CC1c1cc(F)c(F)cc1[N+](=O)[O-]. The maximum absolute atomic E-state index is 12.9. The molecule has 2 rings (SSSR count). The summed E-state index contributed by atoms with van der Waals surface area (Å²) in [4.78, 5) is 9.88. The molecule has 1 aromatic rings. The average Bonchev–Trinajstić information content (AvgIpc) is 2.86. The largest absolute Gasteiger partial charge is 0.327 e. The first-order valence-electron chi connectivity index (χ1n) is 4.39. The van der Waals surface area contributed by atoms with Crippen molar-refractivity contribution in [3.8, 4) is 0 Å². The third kappa shape index (κ3) is 1.68. The number of hydrogen-bond acceptors (Lipinski definition) is 3. The first-order chi connectivity index (χ1) is 7.00. The summed E-state index contributed by atoms with van der Waals surface area (Å²) in [5.41, 5.74) is 5.31. The van der Waals surface area contributed by atoms with Crippen molar-refractivity contribution in [2.75, 3.05) is 0 Å². The number of rotatable bonds is 2. The summed E-state index contributed by atoms with van der Waals surface area (Å²) in [6, 6.07) is 1.29. The van der Waals surface area contributed by atoms with Crippen molar-refractivity contribution in [1.29, 1.82) is 0 Å². The monoisotopic (exact) mass is 214 g/mol. The van der Waals surface area contributed by atoms with Gasteiger partial charge in [-0.15, -0.1) is 0 Å². The molecule has 1 saturated carbocycles. The fourth-order valence-corrected chi connectivity index (χ4v) is 1.58. The van der Waals surface area contributed by atoms with Crippen molar-refractivity contribution in [1.82, 2.24) is 0 Å². The van der Waals surface area contributed by atoms with E-state index < -0.39 is 22.2 Å². The molecule has 0 radical (unpaired) electrons. The van der Waals surface area contributed by atoms with Crippen LogP contribution in [0.15, 0.2) is 12.1 Å². The molecule has 1 aromatic carbocycles. The van der Waals surface area contributed by atoms with E-state index in [4.69, 9.17) is 5.73 Å². The summed E-state index contributed by atoms with van der Waals surface area (Å²) in [5, 5.41) is 10.6. The van der Waals surface area contributed by atoms with Gasteiger partial charge in [-0.05, 0) is 12.5 Å². The van der Waals surface area contributed by atoms with E-state index in [0.29, 0.717) is 12.5 Å². The van der Waals surface area contributed by atoms with Gasteiger partial charge in [0.25, 0.3) is 5.69 Å². The van der Waals surface area contributed by atoms with Crippen LogP contribution in [0.25, 0.3) is 0 Å². The van der Waals surface area contributed by atoms with Crippen molar-refractivity contribution in [2.45, 2.75) is 18.4 Å². The Hall–Kier alpha value is -1.56. The van der Waals surface area contributed by atoms with Gasteiger partial charge in [0.1, 0.15) is 0 Å². The molecule has 1 aliphatic carbocycles. The summed E-state index contributed by atoms with van der Waals surface area (Å²) in [6.45, 7) is 0. The minimum Gasteiger partial charge on any atom is -0.327 e. The van der Waals surface area contributed by atoms with Crippen LogP contribution in [0.5, 0.6) is 0 Å². The lowest BCUT2D eigenvalue weighted by atomic mass is 10.1. The number of benzene rings is 1. The lowest BCUT2D eigenvalue weighted by Gasteiger charge is -2.02. The van der Waals surface area contributed by atoms with Crippen LogP contribution in [0.2, 0.25) is 0 Å². The van der Waals surface area contributed by atoms with Gasteiger partial charge in [-0.1, -0.05) is 0 Å². The maximum Gasteiger partial charge on any atom is 0.276 e. The average molecular weight is 214 g/mol. The zero-order chi connectivity index (χ0) is 11.2. The molecule has 2 N–H and O–H groups in total. The van der Waals surface area contributed by atoms with Gasteiger partial charge in [0.2, 0.25) is 0 Å². The molecule has 0 aliphatic heterocycles. The summed E-state index contributed by atoms with van der Waals surface area (Å²) >= 11 is 0. The van der Waals surface area contributed by atoms with Gasteiger partial charge in [0, 0.05) is 17.5 Å². The normalized spacial score (nSPS) is 23.9. The number of hydrogen-bond donors (Lipinski definition) is 1. The van der Waals surface area contributed by atoms with E-state index in [1.807, 2.05) is 0 Å². The van der Waals surface area contributed by atoms with E-state index in [2.05, 4.69) is 0 Å². The van der Waals surface area contributed by atoms with Crippen LogP contribution >= 0.6 is 0 Å². The van der Waals surface area contributed by atoms with Gasteiger partial charge < -0.3 is 5.73 Å². The van der Waals surface area contributed by atoms with Gasteiger partial charge >= 0.3 is 0 Å². The molecule has 0 amide bonds. The highest BCUT2D eigenvalue weighted by molar-refractivity contribution is 5.46. The Morgan fingerprint density at radius 1 is 1.40 bits per heavy atom. The highest BCUT2D eigenvalue weighted by Crippen LogP contribution is 2.43. The van der Waals surface area contributed by atoms with E-state index in [0.717, 1.165) is 6.07 Å². The summed E-state index contributed by atoms with van der Waals surface area (Å²) in [6.07, 6.45) is 0.575. The first kappa shape index (κ1) is 9.97. The quantitative estimate of drug-likeness (QED) is 0.601. The number of nitrogens with zero attached hydrogens (tertiary/aromatic N) is 1. The third-order valence-corrected chi connectivity index (χ3v) is 2.51. The van der Waals surface area contributed by atoms with Crippen LogP contribution in [-0.4, -0.2) is 11.0 Å². The van der Waals surface area contributed by atoms with Gasteiger partial charge in [0.15, 0.2) is 11.6 Å². The molecule has 0 heterocycles. The second kappa shape index (κ2) is 3.23. The van der Waals surface area contributed by atoms with Crippen molar-refractivity contribution in [2.24, 2.45) is 5.73 Å². The molecule has 80 valence electrons. The molecule has 0 spiro atoms. The predicted molar refractivity (Wildman–Crippen MR) is 48.3 cm³/mol. The van der Waals surface area contributed by atoms with Crippen LogP contribution in [0.3, 0.4) is 0 Å². The Kier molecular flexibility index (Phi) is 2.15. The zero-order valence-electron chi connectivity index (χ0n) is 7.61. The Morgan fingerprint density at radius 2 is 1.93 bits per heavy atom. The molecule has 15 heavy (non-hydrogen) atoms. The van der Waals surface area contributed by atoms with E-state index in [-0.39, 0.29) is 17.5 Å². The lowest BCUT2D eigenvalue weighted by Crippen LogP contribution is -2.04. The third-order valence-electron chi connectivity index (χ3n) is 2.51. The van der Waals surface area contributed by atoms with E-state index in [1.54, 1.807) is 0 Å². The second-order valence-electron chi connectivity index (χ2n) is 3.59. The molecule has 4 nitrogen and oxygen atoms in total. The van der Waals surface area contributed by atoms with Crippen LogP contribution < -0.4 is 5.73 Å². The highest BCUT2D eigenvalue weighted by atomic mass is 19.2. The highest BCUT2D eigenvalue weighted by Gasteiger charge is 2.40. The van der Waals surface area contributed by atoms with Crippen molar-refractivity contribution >= 4 is 5.69 Å². The van der Waals surface area contributed by atoms with Crippen molar-refractivity contribution in [3.05, 3.63) is 39.4 Å². The molecule has 0 bridgehead atoms. The Bertz CT molecular complexity index is 436. The number of nitro groups is 1. The molecular formula is C9H8F2N2O2. The van der Waals surface area contributed by atoms with E-state index in [9.17, 15) is 18.9 Å². The summed E-state index contributed by atoms with van der Waals surface area (Å²) in [5.74, 6) is -2.50. The van der Waals surface area contributed by atoms with Crippen LogP contribution in [0, 0.1) is 21.7 Å². The van der Waals surface area contributed by atoms with Crippen molar-refractivity contribution in [3.63, 3.8) is 0 Å². The van der Waals surface area contributed by atoms with Crippen LogP contribution in [0.4, 0.5) is 14.5 Å². The molecule has 0 saturated heterocycles. The summed E-state index contributed by atoms with van der Waals surface area (Å²) < 4.78 is 25.7. The number of nitro benzene ring substituents is 1. The van der Waals surface area contributed by atoms with Gasteiger partial charge in [-0.3, -0.25) is 10.1 Å². The molecular weight excluding hydrogens is 206 g/mol. The van der Waals surface area contributed by atoms with Crippen molar-refractivity contribution < 1.29 is 13.7 Å². The Morgan fingerprint density at radius 3 is 2.40 bits per heavy atom. The van der Waals surface area contributed by atoms with Gasteiger partial charge in [0.05, 0.1) is 11.0 Å². The molecule has 2 unspecified atom stereocenters.